The Bertz CT molecular complexity index is 1380. The van der Waals surface area contributed by atoms with Crippen molar-refractivity contribution < 1.29 is 9.21 Å². The first kappa shape index (κ1) is 18.8. The first-order valence-corrected chi connectivity index (χ1v) is 10.9. The lowest BCUT2D eigenvalue weighted by Gasteiger charge is -2.30. The van der Waals surface area contributed by atoms with E-state index in [0.717, 1.165) is 46.6 Å². The van der Waals surface area contributed by atoms with Gasteiger partial charge in [-0.15, -0.1) is 0 Å². The van der Waals surface area contributed by atoms with E-state index in [1.807, 2.05) is 88.6 Å². The summed E-state index contributed by atoms with van der Waals surface area (Å²) < 4.78 is 7.98. The number of amides is 1. The van der Waals surface area contributed by atoms with Crippen LogP contribution >= 0.6 is 0 Å². The first-order valence-electron chi connectivity index (χ1n) is 10.9. The van der Waals surface area contributed by atoms with Crippen molar-refractivity contribution in [2.45, 2.75) is 18.8 Å². The summed E-state index contributed by atoms with van der Waals surface area (Å²) in [4.78, 5) is 24.1. The second kappa shape index (κ2) is 7.64. The number of carbonyl (C=O) groups is 1. The Labute approximate surface area is 185 Å². The quantitative estimate of drug-likeness (QED) is 0.402. The van der Waals surface area contributed by atoms with Crippen LogP contribution in [0.25, 0.3) is 27.8 Å². The molecule has 1 fully saturated rings. The maximum absolute atomic E-state index is 13.1. The highest BCUT2D eigenvalue weighted by Gasteiger charge is 2.27. The van der Waals surface area contributed by atoms with Gasteiger partial charge in [0.15, 0.2) is 11.5 Å². The molecule has 0 N–H and O–H groups in total. The van der Waals surface area contributed by atoms with Gasteiger partial charge in [-0.2, -0.15) is 0 Å². The summed E-state index contributed by atoms with van der Waals surface area (Å²) in [6.07, 6.45) is 3.54. The molecule has 0 bridgehead atoms. The molecule has 0 saturated carbocycles. The molecule has 32 heavy (non-hydrogen) atoms. The Kier molecular flexibility index (Phi) is 4.49. The van der Waals surface area contributed by atoms with Gasteiger partial charge in [0.25, 0.3) is 5.91 Å². The van der Waals surface area contributed by atoms with Crippen molar-refractivity contribution >= 4 is 28.0 Å². The Balaban J connectivity index is 1.15. The predicted molar refractivity (Wildman–Crippen MR) is 123 cm³/mol. The maximum atomic E-state index is 13.1. The zero-order chi connectivity index (χ0) is 21.5. The van der Waals surface area contributed by atoms with E-state index in [2.05, 4.69) is 9.97 Å². The number of nitrogens with zero attached hydrogens (tertiary/aromatic N) is 4. The number of piperidine rings is 1. The number of hydrogen-bond donors (Lipinski definition) is 0. The highest BCUT2D eigenvalue weighted by atomic mass is 16.3. The summed E-state index contributed by atoms with van der Waals surface area (Å²) in [5, 5.41) is 0. The monoisotopic (exact) mass is 422 g/mol. The largest absolute Gasteiger partial charge is 0.440 e. The van der Waals surface area contributed by atoms with Crippen molar-refractivity contribution in [1.82, 2.24) is 19.4 Å². The van der Waals surface area contributed by atoms with Crippen molar-refractivity contribution in [3.8, 4) is 5.69 Å². The molecule has 0 radical (unpaired) electrons. The molecule has 0 unspecified atom stereocenters. The fourth-order valence-electron chi connectivity index (χ4n) is 4.51. The summed E-state index contributed by atoms with van der Waals surface area (Å²) in [7, 11) is 0. The fourth-order valence-corrected chi connectivity index (χ4v) is 4.51. The molecule has 6 rings (SSSR count). The van der Waals surface area contributed by atoms with E-state index in [1.165, 1.54) is 0 Å². The first-order chi connectivity index (χ1) is 15.8. The van der Waals surface area contributed by atoms with Crippen LogP contribution in [0.15, 0.2) is 83.5 Å². The minimum Gasteiger partial charge on any atom is -0.440 e. The van der Waals surface area contributed by atoms with Gasteiger partial charge in [0.1, 0.15) is 11.8 Å². The summed E-state index contributed by atoms with van der Waals surface area (Å²) in [6.45, 7) is 1.41. The summed E-state index contributed by atoms with van der Waals surface area (Å²) in [5.41, 5.74) is 5.42. The zero-order valence-corrected chi connectivity index (χ0v) is 17.5. The molecule has 0 spiro atoms. The zero-order valence-electron chi connectivity index (χ0n) is 17.5. The summed E-state index contributed by atoms with van der Waals surface area (Å²) in [6, 6.07) is 23.6. The lowest BCUT2D eigenvalue weighted by molar-refractivity contribution is 0.0706. The molecule has 1 aliphatic rings. The number of aromatic nitrogens is 3. The number of para-hydroxylation sites is 4. The second-order valence-electron chi connectivity index (χ2n) is 8.24. The molecule has 3 aromatic carbocycles. The number of rotatable bonds is 3. The average molecular weight is 422 g/mol. The maximum Gasteiger partial charge on any atom is 0.253 e. The van der Waals surface area contributed by atoms with Crippen LogP contribution in [0.2, 0.25) is 0 Å². The highest BCUT2D eigenvalue weighted by molar-refractivity contribution is 5.94. The van der Waals surface area contributed by atoms with Crippen molar-refractivity contribution in [2.24, 2.45) is 0 Å². The van der Waals surface area contributed by atoms with Gasteiger partial charge in [-0.3, -0.25) is 9.36 Å². The van der Waals surface area contributed by atoms with Crippen LogP contribution in [0.3, 0.4) is 0 Å². The standard InChI is InChI=1S/C26H22N4O2/c31-26(19-9-11-20(12-10-19)30-17-27-21-5-1-3-7-23(21)30)29-15-13-18(14-16-29)25-28-22-6-2-4-8-24(22)32-25/h1-12,17-18H,13-16H2. The Morgan fingerprint density at radius 1 is 0.875 bits per heavy atom. The molecule has 1 amide bonds. The second-order valence-corrected chi connectivity index (χ2v) is 8.24. The molecule has 0 aliphatic carbocycles. The molecule has 1 saturated heterocycles. The van der Waals surface area contributed by atoms with Crippen LogP contribution in [0.4, 0.5) is 0 Å². The number of imidazole rings is 1. The van der Waals surface area contributed by atoms with E-state index in [9.17, 15) is 4.79 Å². The van der Waals surface area contributed by atoms with Gasteiger partial charge < -0.3 is 9.32 Å². The topological polar surface area (TPSA) is 64.2 Å². The minimum absolute atomic E-state index is 0.0723. The minimum atomic E-state index is 0.0723. The lowest BCUT2D eigenvalue weighted by atomic mass is 9.96. The number of likely N-dealkylation sites (tertiary alicyclic amines) is 1. The predicted octanol–water partition coefficient (Wildman–Crippen LogP) is 5.19. The Morgan fingerprint density at radius 3 is 2.38 bits per heavy atom. The lowest BCUT2D eigenvalue weighted by Crippen LogP contribution is -2.38. The molecule has 6 nitrogen and oxygen atoms in total. The van der Waals surface area contributed by atoms with E-state index in [0.29, 0.717) is 18.7 Å². The normalized spacial score (nSPS) is 14.9. The van der Waals surface area contributed by atoms with Crippen molar-refractivity contribution in [2.75, 3.05) is 13.1 Å². The molecule has 158 valence electrons. The summed E-state index contributed by atoms with van der Waals surface area (Å²) in [5.74, 6) is 1.11. The molecule has 1 aliphatic heterocycles. The number of hydrogen-bond acceptors (Lipinski definition) is 4. The van der Waals surface area contributed by atoms with Crippen molar-refractivity contribution in [1.29, 1.82) is 0 Å². The third-order valence-electron chi connectivity index (χ3n) is 6.29. The van der Waals surface area contributed by atoms with Gasteiger partial charge in [0, 0.05) is 30.3 Å². The average Bonchev–Trinajstić information content (AvgIpc) is 3.48. The third kappa shape index (κ3) is 3.24. The van der Waals surface area contributed by atoms with Crippen molar-refractivity contribution in [3.63, 3.8) is 0 Å². The van der Waals surface area contributed by atoms with Crippen LogP contribution in [0.5, 0.6) is 0 Å². The molecular weight excluding hydrogens is 400 g/mol. The Morgan fingerprint density at radius 2 is 1.59 bits per heavy atom. The van der Waals surface area contributed by atoms with E-state index >= 15 is 0 Å². The molecule has 6 heteroatoms. The third-order valence-corrected chi connectivity index (χ3v) is 6.29. The number of fused-ring (bicyclic) bond motifs is 2. The SMILES string of the molecule is O=C(c1ccc(-n2cnc3ccccc32)cc1)N1CCC(c2nc3ccccc3o2)CC1. The number of benzene rings is 3. The van der Waals surface area contributed by atoms with Crippen LogP contribution in [0.1, 0.15) is 35.0 Å². The van der Waals surface area contributed by atoms with Gasteiger partial charge >= 0.3 is 0 Å². The van der Waals surface area contributed by atoms with E-state index in [-0.39, 0.29) is 11.8 Å². The van der Waals surface area contributed by atoms with Crippen LogP contribution in [0, 0.1) is 0 Å². The van der Waals surface area contributed by atoms with Gasteiger partial charge in [-0.05, 0) is 61.4 Å². The Hall–Kier alpha value is -3.93. The number of oxazole rings is 1. The molecule has 5 aromatic rings. The van der Waals surface area contributed by atoms with Crippen LogP contribution in [-0.4, -0.2) is 38.4 Å². The molecule has 3 heterocycles. The van der Waals surface area contributed by atoms with Gasteiger partial charge in [0.2, 0.25) is 0 Å². The summed E-state index contributed by atoms with van der Waals surface area (Å²) >= 11 is 0. The van der Waals surface area contributed by atoms with Crippen LogP contribution < -0.4 is 0 Å². The van der Waals surface area contributed by atoms with Gasteiger partial charge in [-0.1, -0.05) is 24.3 Å². The van der Waals surface area contributed by atoms with E-state index in [4.69, 9.17) is 4.42 Å². The van der Waals surface area contributed by atoms with Gasteiger partial charge in [0.05, 0.1) is 11.0 Å². The fraction of sp³-hybridized carbons (Fsp3) is 0.192. The molecule has 0 atom stereocenters. The van der Waals surface area contributed by atoms with Crippen molar-refractivity contribution in [3.05, 3.63) is 90.6 Å². The number of carbonyl (C=O) groups excluding carboxylic acids is 1. The van der Waals surface area contributed by atoms with Gasteiger partial charge in [-0.25, -0.2) is 9.97 Å². The van der Waals surface area contributed by atoms with E-state index < -0.39 is 0 Å². The van der Waals surface area contributed by atoms with E-state index in [1.54, 1.807) is 0 Å². The molecule has 2 aromatic heterocycles. The smallest absolute Gasteiger partial charge is 0.253 e. The van der Waals surface area contributed by atoms with Crippen LogP contribution in [-0.2, 0) is 0 Å². The molecular formula is C26H22N4O2. The highest BCUT2D eigenvalue weighted by Crippen LogP contribution is 2.30.